The van der Waals surface area contributed by atoms with E-state index in [1.54, 1.807) is 16.7 Å². The minimum Gasteiger partial charge on any atom is -0.396 e. The molecule has 0 aliphatic carbocycles. The molecule has 1 heterocycles. The number of nitrogens with zero attached hydrogens (tertiary/aromatic N) is 1. The first-order chi connectivity index (χ1) is 5.84. The van der Waals surface area contributed by atoms with Gasteiger partial charge in [0.15, 0.2) is 0 Å². The molecule has 1 aliphatic heterocycles. The van der Waals surface area contributed by atoms with Crippen LogP contribution in [-0.4, -0.2) is 53.8 Å². The Kier molecular flexibility index (Phi) is 4.24. The number of urea groups is 1. The fourth-order valence-corrected chi connectivity index (χ4v) is 1.75. The van der Waals surface area contributed by atoms with Crippen LogP contribution in [0.1, 0.15) is 0 Å². The maximum absolute atomic E-state index is 11.0. The highest BCUT2D eigenvalue weighted by Crippen LogP contribution is 2.02. The molecule has 1 aliphatic rings. The predicted molar refractivity (Wildman–Crippen MR) is 49.4 cm³/mol. The Labute approximate surface area is 76.3 Å². The van der Waals surface area contributed by atoms with Gasteiger partial charge in [0, 0.05) is 31.1 Å². The van der Waals surface area contributed by atoms with Crippen molar-refractivity contribution in [2.45, 2.75) is 0 Å². The zero-order valence-electron chi connectivity index (χ0n) is 6.95. The number of hydrogen-bond acceptors (Lipinski definition) is 3. The molecule has 1 saturated heterocycles. The normalized spacial score (nSPS) is 16.8. The second kappa shape index (κ2) is 5.27. The van der Waals surface area contributed by atoms with Gasteiger partial charge >= 0.3 is 6.03 Å². The third-order valence-corrected chi connectivity index (χ3v) is 2.63. The van der Waals surface area contributed by atoms with Gasteiger partial charge in [0.2, 0.25) is 0 Å². The lowest BCUT2D eigenvalue weighted by atomic mass is 10.6. The molecule has 0 bridgehead atoms. The van der Waals surface area contributed by atoms with E-state index in [-0.39, 0.29) is 12.6 Å². The number of hydrogen-bond donors (Lipinski definition) is 2. The van der Waals surface area contributed by atoms with Crippen LogP contribution in [0.25, 0.3) is 0 Å². The molecule has 0 aromatic heterocycles. The summed E-state index contributed by atoms with van der Waals surface area (Å²) in [6, 6.07) is 0.0413. The van der Waals surface area contributed by atoms with Gasteiger partial charge in [0.05, 0.1) is 6.61 Å². The molecule has 0 aromatic rings. The summed E-state index contributed by atoms with van der Waals surface area (Å²) < 4.78 is 0. The molecule has 1 fully saturated rings. The maximum atomic E-state index is 11.0. The standard InChI is InChI=1S/C7H14N2O2S/c10-4-6-12-5-3-9-2-1-8-7(9)11/h10H,1-6H2,(H,8,11). The molecule has 0 saturated carbocycles. The summed E-state index contributed by atoms with van der Waals surface area (Å²) >= 11 is 1.67. The second-order valence-corrected chi connectivity index (χ2v) is 3.78. The fraction of sp³-hybridized carbons (Fsp3) is 0.857. The Morgan fingerprint density at radius 1 is 1.58 bits per heavy atom. The van der Waals surface area contributed by atoms with Crippen LogP contribution in [-0.2, 0) is 0 Å². The third-order valence-electron chi connectivity index (χ3n) is 1.69. The quantitative estimate of drug-likeness (QED) is 0.587. The van der Waals surface area contributed by atoms with E-state index in [1.165, 1.54) is 0 Å². The van der Waals surface area contributed by atoms with Crippen molar-refractivity contribution in [3.8, 4) is 0 Å². The zero-order valence-corrected chi connectivity index (χ0v) is 7.77. The van der Waals surface area contributed by atoms with Gasteiger partial charge in [-0.25, -0.2) is 4.79 Å². The molecule has 2 amide bonds. The van der Waals surface area contributed by atoms with Gasteiger partial charge in [-0.3, -0.25) is 0 Å². The predicted octanol–water partition coefficient (Wildman–Crippen LogP) is -0.263. The Morgan fingerprint density at radius 3 is 3.00 bits per heavy atom. The molecular formula is C7H14N2O2S. The van der Waals surface area contributed by atoms with Crippen LogP contribution in [0.15, 0.2) is 0 Å². The Hall–Kier alpha value is -0.420. The van der Waals surface area contributed by atoms with Crippen LogP contribution in [0, 0.1) is 0 Å². The number of amides is 2. The Balaban J connectivity index is 2.02. The Bertz CT molecular complexity index is 154. The lowest BCUT2D eigenvalue weighted by Crippen LogP contribution is -2.30. The summed E-state index contributed by atoms with van der Waals surface area (Å²) in [5.41, 5.74) is 0. The van der Waals surface area contributed by atoms with E-state index in [0.29, 0.717) is 0 Å². The van der Waals surface area contributed by atoms with Crippen LogP contribution in [0.3, 0.4) is 0 Å². The molecule has 70 valence electrons. The van der Waals surface area contributed by atoms with Crippen molar-refractivity contribution >= 4 is 17.8 Å². The summed E-state index contributed by atoms with van der Waals surface area (Å²) in [5, 5.41) is 11.2. The van der Waals surface area contributed by atoms with Crippen LogP contribution >= 0.6 is 11.8 Å². The smallest absolute Gasteiger partial charge is 0.317 e. The van der Waals surface area contributed by atoms with Gasteiger partial charge < -0.3 is 15.3 Å². The van der Waals surface area contributed by atoms with Crippen molar-refractivity contribution in [1.29, 1.82) is 0 Å². The molecule has 0 aromatic carbocycles. The van der Waals surface area contributed by atoms with E-state index in [0.717, 1.165) is 31.1 Å². The number of nitrogens with one attached hydrogen (secondary N) is 1. The molecule has 0 spiro atoms. The van der Waals surface area contributed by atoms with Crippen molar-refractivity contribution < 1.29 is 9.90 Å². The number of rotatable bonds is 5. The zero-order chi connectivity index (χ0) is 8.81. The Morgan fingerprint density at radius 2 is 2.42 bits per heavy atom. The van der Waals surface area contributed by atoms with E-state index in [4.69, 9.17) is 5.11 Å². The van der Waals surface area contributed by atoms with Gasteiger partial charge in [0.25, 0.3) is 0 Å². The lowest BCUT2D eigenvalue weighted by Gasteiger charge is -2.12. The summed E-state index contributed by atoms with van der Waals surface area (Å²) in [7, 11) is 0. The van der Waals surface area contributed by atoms with Gasteiger partial charge in [-0.1, -0.05) is 0 Å². The summed E-state index contributed by atoms with van der Waals surface area (Å²) in [6.45, 7) is 2.59. The van der Waals surface area contributed by atoms with Gasteiger partial charge in [-0.2, -0.15) is 11.8 Å². The first-order valence-corrected chi connectivity index (χ1v) is 5.21. The molecule has 0 radical (unpaired) electrons. The van der Waals surface area contributed by atoms with Gasteiger partial charge in [-0.05, 0) is 0 Å². The van der Waals surface area contributed by atoms with Crippen molar-refractivity contribution in [2.24, 2.45) is 0 Å². The average molecular weight is 190 g/mol. The van der Waals surface area contributed by atoms with E-state index in [2.05, 4.69) is 5.32 Å². The first kappa shape index (κ1) is 9.67. The van der Waals surface area contributed by atoms with Crippen LogP contribution in [0.4, 0.5) is 4.79 Å². The highest BCUT2D eigenvalue weighted by Gasteiger charge is 2.17. The molecule has 1 rings (SSSR count). The topological polar surface area (TPSA) is 52.6 Å². The molecule has 0 unspecified atom stereocenters. The summed E-state index contributed by atoms with van der Waals surface area (Å²) in [6.07, 6.45) is 0. The summed E-state index contributed by atoms with van der Waals surface area (Å²) in [5.74, 6) is 1.67. The molecule has 2 N–H and O–H groups in total. The molecule has 0 atom stereocenters. The molecule has 12 heavy (non-hydrogen) atoms. The minimum absolute atomic E-state index is 0.0413. The van der Waals surface area contributed by atoms with Crippen molar-refractivity contribution in [3.05, 3.63) is 0 Å². The monoisotopic (exact) mass is 190 g/mol. The van der Waals surface area contributed by atoms with E-state index in [1.807, 2.05) is 0 Å². The van der Waals surface area contributed by atoms with Crippen LogP contribution in [0.5, 0.6) is 0 Å². The molecule has 4 nitrogen and oxygen atoms in total. The van der Waals surface area contributed by atoms with Crippen LogP contribution in [0.2, 0.25) is 0 Å². The van der Waals surface area contributed by atoms with Crippen molar-refractivity contribution in [1.82, 2.24) is 10.2 Å². The van der Waals surface area contributed by atoms with E-state index >= 15 is 0 Å². The minimum atomic E-state index is 0.0413. The first-order valence-electron chi connectivity index (χ1n) is 4.06. The van der Waals surface area contributed by atoms with Gasteiger partial charge in [0.1, 0.15) is 0 Å². The highest BCUT2D eigenvalue weighted by molar-refractivity contribution is 7.99. The molecular weight excluding hydrogens is 176 g/mol. The molecule has 5 heteroatoms. The maximum Gasteiger partial charge on any atom is 0.317 e. The fourth-order valence-electron chi connectivity index (χ4n) is 1.07. The largest absolute Gasteiger partial charge is 0.396 e. The number of carbonyl (C=O) groups is 1. The SMILES string of the molecule is O=C1NCCN1CCSCCO. The van der Waals surface area contributed by atoms with Crippen LogP contribution < -0.4 is 5.32 Å². The van der Waals surface area contributed by atoms with Crippen molar-refractivity contribution in [2.75, 3.05) is 37.7 Å². The lowest BCUT2D eigenvalue weighted by molar-refractivity contribution is 0.220. The average Bonchev–Trinajstić information content (AvgIpc) is 2.46. The summed E-state index contributed by atoms with van der Waals surface area (Å²) in [4.78, 5) is 12.8. The van der Waals surface area contributed by atoms with Crippen molar-refractivity contribution in [3.63, 3.8) is 0 Å². The second-order valence-electron chi connectivity index (χ2n) is 2.55. The van der Waals surface area contributed by atoms with E-state index < -0.39 is 0 Å². The number of aliphatic hydroxyl groups is 1. The number of aliphatic hydroxyl groups excluding tert-OH is 1. The van der Waals surface area contributed by atoms with E-state index in [9.17, 15) is 4.79 Å². The third kappa shape index (κ3) is 2.91. The number of carbonyl (C=O) groups excluding carboxylic acids is 1. The van der Waals surface area contributed by atoms with Gasteiger partial charge in [-0.15, -0.1) is 0 Å². The number of thioether (sulfide) groups is 1. The highest BCUT2D eigenvalue weighted by atomic mass is 32.2.